The second-order valence-corrected chi connectivity index (χ2v) is 9.16. The molecule has 3 N–H and O–H groups in total. The highest BCUT2D eigenvalue weighted by molar-refractivity contribution is 7.89. The van der Waals surface area contributed by atoms with E-state index in [1.165, 1.54) is 43.4 Å². The third-order valence-corrected chi connectivity index (χ3v) is 6.62. The fourth-order valence-corrected chi connectivity index (χ4v) is 4.51. The van der Waals surface area contributed by atoms with Crippen LogP contribution in [0.15, 0.2) is 53.4 Å². The van der Waals surface area contributed by atoms with Crippen LogP contribution in [0.3, 0.4) is 0 Å². The molecule has 32 heavy (non-hydrogen) atoms. The van der Waals surface area contributed by atoms with Gasteiger partial charge in [-0.3, -0.25) is 4.79 Å². The van der Waals surface area contributed by atoms with Gasteiger partial charge in [-0.2, -0.15) is 13.2 Å². The predicted octanol–water partition coefficient (Wildman–Crippen LogP) is 2.40. The normalized spacial score (nSPS) is 17.7. The van der Waals surface area contributed by atoms with Gasteiger partial charge in [0.2, 0.25) is 10.0 Å². The maximum Gasteiger partial charge on any atom is 0.416 e. The Morgan fingerprint density at radius 1 is 1.22 bits per heavy atom. The number of nitrogens with one attached hydrogen (secondary N) is 3. The van der Waals surface area contributed by atoms with Crippen molar-refractivity contribution in [1.29, 1.82) is 0 Å². The molecule has 0 aromatic heterocycles. The second-order valence-electron chi connectivity index (χ2n) is 7.39. The molecule has 1 aliphatic rings. The van der Waals surface area contributed by atoms with Crippen molar-refractivity contribution in [2.45, 2.75) is 23.6 Å². The summed E-state index contributed by atoms with van der Waals surface area (Å²) in [6.07, 6.45) is -4.32. The molecule has 0 saturated carbocycles. The average Bonchev–Trinajstić information content (AvgIpc) is 3.30. The van der Waals surface area contributed by atoms with Gasteiger partial charge in [0.05, 0.1) is 10.5 Å². The Balaban J connectivity index is 1.74. The topological polar surface area (TPSA) is 96.5 Å². The first-order valence-corrected chi connectivity index (χ1v) is 11.4. The standard InChI is InChI=1S/C21H24F3N3O4S/c1-25-20(28)14-3-2-4-18(11-14)32(29,30)27-13-19(15-9-10-26-12-15)31-17-7-5-16(6-8-17)21(22,23)24/h2-8,11,15,19,26-27H,9-10,12-13H2,1H3,(H,25,28)/t15-,19+/m0/s1. The van der Waals surface area contributed by atoms with Gasteiger partial charge in [-0.1, -0.05) is 6.07 Å². The first kappa shape index (κ1) is 24.0. The summed E-state index contributed by atoms with van der Waals surface area (Å²) in [7, 11) is -2.50. The van der Waals surface area contributed by atoms with E-state index in [0.29, 0.717) is 6.54 Å². The number of benzene rings is 2. The van der Waals surface area contributed by atoms with Crippen LogP contribution in [0.5, 0.6) is 5.75 Å². The number of hydrogen-bond donors (Lipinski definition) is 3. The van der Waals surface area contributed by atoms with Crippen LogP contribution in [-0.4, -0.2) is 47.1 Å². The molecule has 1 amide bonds. The minimum absolute atomic E-state index is 0.0304. The van der Waals surface area contributed by atoms with Crippen LogP contribution in [0, 0.1) is 5.92 Å². The monoisotopic (exact) mass is 471 g/mol. The molecule has 1 fully saturated rings. The molecule has 0 unspecified atom stereocenters. The number of carbonyl (C=O) groups is 1. The van der Waals surface area contributed by atoms with Gasteiger partial charge in [-0.05, 0) is 55.4 Å². The number of carbonyl (C=O) groups excluding carboxylic acids is 1. The van der Waals surface area contributed by atoms with Crippen molar-refractivity contribution in [2.24, 2.45) is 5.92 Å². The Labute approximate surface area is 184 Å². The molecule has 1 heterocycles. The number of halogens is 3. The Morgan fingerprint density at radius 3 is 2.53 bits per heavy atom. The maximum absolute atomic E-state index is 12.8. The van der Waals surface area contributed by atoms with Crippen LogP contribution < -0.4 is 20.1 Å². The van der Waals surface area contributed by atoms with E-state index in [2.05, 4.69) is 15.4 Å². The molecule has 0 spiro atoms. The van der Waals surface area contributed by atoms with Crippen molar-refractivity contribution in [3.8, 4) is 5.75 Å². The Bertz CT molecular complexity index is 1040. The van der Waals surface area contributed by atoms with Crippen molar-refractivity contribution < 1.29 is 31.1 Å². The summed E-state index contributed by atoms with van der Waals surface area (Å²) in [5.74, 6) is -0.226. The maximum atomic E-state index is 12.8. The smallest absolute Gasteiger partial charge is 0.416 e. The zero-order chi connectivity index (χ0) is 23.4. The molecule has 1 aliphatic heterocycles. The second kappa shape index (κ2) is 9.88. The van der Waals surface area contributed by atoms with E-state index in [1.807, 2.05) is 0 Å². The molecule has 0 bridgehead atoms. The van der Waals surface area contributed by atoms with E-state index in [4.69, 9.17) is 4.74 Å². The molecule has 11 heteroatoms. The first-order chi connectivity index (χ1) is 15.1. The highest BCUT2D eigenvalue weighted by atomic mass is 32.2. The highest BCUT2D eigenvalue weighted by Crippen LogP contribution is 2.31. The van der Waals surface area contributed by atoms with Crippen molar-refractivity contribution in [1.82, 2.24) is 15.4 Å². The molecule has 3 rings (SSSR count). The van der Waals surface area contributed by atoms with Gasteiger partial charge in [0.25, 0.3) is 5.91 Å². The lowest BCUT2D eigenvalue weighted by atomic mass is 10.0. The molecule has 2 aromatic carbocycles. The summed E-state index contributed by atoms with van der Waals surface area (Å²) in [6, 6.07) is 9.90. The Morgan fingerprint density at radius 2 is 1.94 bits per heavy atom. The lowest BCUT2D eigenvalue weighted by molar-refractivity contribution is -0.137. The van der Waals surface area contributed by atoms with Crippen molar-refractivity contribution in [2.75, 3.05) is 26.7 Å². The minimum Gasteiger partial charge on any atom is -0.489 e. The minimum atomic E-state index is -4.45. The van der Waals surface area contributed by atoms with Crippen LogP contribution >= 0.6 is 0 Å². The summed E-state index contributed by atoms with van der Waals surface area (Å²) >= 11 is 0. The number of ether oxygens (including phenoxy) is 1. The van der Waals surface area contributed by atoms with Crippen LogP contribution in [0.2, 0.25) is 0 Å². The number of alkyl halides is 3. The molecule has 2 atom stereocenters. The molecule has 0 aliphatic carbocycles. The van der Waals surface area contributed by atoms with Crippen LogP contribution in [0.1, 0.15) is 22.3 Å². The van der Waals surface area contributed by atoms with Gasteiger partial charge >= 0.3 is 6.18 Å². The number of rotatable bonds is 8. The molecular formula is C21H24F3N3O4S. The van der Waals surface area contributed by atoms with Crippen molar-refractivity contribution >= 4 is 15.9 Å². The summed E-state index contributed by atoms with van der Waals surface area (Å²) in [4.78, 5) is 11.7. The SMILES string of the molecule is CNC(=O)c1cccc(S(=O)(=O)NC[C@@H](Oc2ccc(C(F)(F)F)cc2)[C@H]2CCNC2)c1. The Kier molecular flexibility index (Phi) is 7.42. The molecule has 2 aromatic rings. The summed E-state index contributed by atoms with van der Waals surface area (Å²) < 4.78 is 72.3. The quantitative estimate of drug-likeness (QED) is 0.550. The average molecular weight is 472 g/mol. The zero-order valence-corrected chi connectivity index (χ0v) is 18.1. The van der Waals surface area contributed by atoms with Gasteiger partial charge < -0.3 is 15.4 Å². The molecule has 174 valence electrons. The lowest BCUT2D eigenvalue weighted by Gasteiger charge is -2.25. The fourth-order valence-electron chi connectivity index (χ4n) is 3.42. The predicted molar refractivity (Wildman–Crippen MR) is 112 cm³/mol. The highest BCUT2D eigenvalue weighted by Gasteiger charge is 2.31. The first-order valence-electron chi connectivity index (χ1n) is 9.96. The number of sulfonamides is 1. The van der Waals surface area contributed by atoms with Gasteiger partial charge in [0, 0.05) is 31.6 Å². The summed E-state index contributed by atoms with van der Waals surface area (Å²) in [6.45, 7) is 1.25. The molecule has 1 saturated heterocycles. The molecule has 0 radical (unpaired) electrons. The zero-order valence-electron chi connectivity index (χ0n) is 17.3. The van der Waals surface area contributed by atoms with E-state index in [9.17, 15) is 26.4 Å². The van der Waals surface area contributed by atoms with Crippen LogP contribution in [0.4, 0.5) is 13.2 Å². The largest absolute Gasteiger partial charge is 0.489 e. The van der Waals surface area contributed by atoms with Gasteiger partial charge in [-0.15, -0.1) is 0 Å². The van der Waals surface area contributed by atoms with E-state index in [0.717, 1.165) is 25.1 Å². The van der Waals surface area contributed by atoms with Crippen molar-refractivity contribution in [3.05, 3.63) is 59.7 Å². The number of hydrogen-bond acceptors (Lipinski definition) is 5. The van der Waals surface area contributed by atoms with E-state index < -0.39 is 33.8 Å². The number of amides is 1. The van der Waals surface area contributed by atoms with E-state index in [-0.39, 0.29) is 28.7 Å². The van der Waals surface area contributed by atoms with E-state index >= 15 is 0 Å². The van der Waals surface area contributed by atoms with Gasteiger partial charge in [-0.25, -0.2) is 13.1 Å². The third-order valence-electron chi connectivity index (χ3n) is 5.20. The van der Waals surface area contributed by atoms with Gasteiger partial charge in [0.15, 0.2) is 0 Å². The third kappa shape index (κ3) is 5.99. The fraction of sp³-hybridized carbons (Fsp3) is 0.381. The summed E-state index contributed by atoms with van der Waals surface area (Å²) in [5, 5.41) is 5.61. The summed E-state index contributed by atoms with van der Waals surface area (Å²) in [5.41, 5.74) is -0.589. The van der Waals surface area contributed by atoms with Gasteiger partial charge in [0.1, 0.15) is 11.9 Å². The van der Waals surface area contributed by atoms with Crippen LogP contribution in [0.25, 0.3) is 0 Å². The van der Waals surface area contributed by atoms with E-state index in [1.54, 1.807) is 0 Å². The van der Waals surface area contributed by atoms with Crippen LogP contribution in [-0.2, 0) is 16.2 Å². The Hall–Kier alpha value is -2.63. The van der Waals surface area contributed by atoms with Crippen molar-refractivity contribution in [3.63, 3.8) is 0 Å². The molecular weight excluding hydrogens is 447 g/mol. The molecule has 7 nitrogen and oxygen atoms in total. The lowest BCUT2D eigenvalue weighted by Crippen LogP contribution is -2.40.